The molecule has 0 aliphatic rings. The quantitative estimate of drug-likeness (QED) is 0.160. The van der Waals surface area contributed by atoms with Gasteiger partial charge >= 0.3 is 0 Å². The first kappa shape index (κ1) is 23.4. The summed E-state index contributed by atoms with van der Waals surface area (Å²) in [4.78, 5) is 8.99. The van der Waals surface area contributed by atoms with Gasteiger partial charge in [-0.2, -0.15) is 0 Å². The Morgan fingerprint density at radius 2 is 1.07 bits per heavy atom. The molecule has 276 valence electrons. The van der Waals surface area contributed by atoms with Crippen LogP contribution in [0, 0.1) is 53.2 Å². The smallest absolute Gasteiger partial charge is 0.227 e. The summed E-state index contributed by atoms with van der Waals surface area (Å²) < 4.78 is 130. The largest absolute Gasteiger partial charge is 0.437 e. The average Bonchev–Trinajstić information content (AvgIpc) is 3.76. The Hall–Kier alpha value is -5.36. The second-order valence-electron chi connectivity index (χ2n) is 14.3. The molecule has 6 nitrogen and oxygen atoms in total. The van der Waals surface area contributed by atoms with Crippen LogP contribution in [0.4, 0.5) is 0 Å². The monoisotopic (exact) mass is 733 g/mol. The molecule has 0 amide bonds. The van der Waals surface area contributed by atoms with Gasteiger partial charge in [0.1, 0.15) is 14.1 Å². The van der Waals surface area contributed by atoms with E-state index in [2.05, 4.69) is 9.97 Å². The van der Waals surface area contributed by atoms with Crippen LogP contribution in [0.3, 0.4) is 0 Å². The second kappa shape index (κ2) is 14.5. The number of hydrogen-bond acceptors (Lipinski definition) is 4. The number of furan rings is 2. The maximum atomic E-state index is 8.73. The number of aryl methyl sites for hydroxylation is 8. The van der Waals surface area contributed by atoms with E-state index in [4.69, 9.17) is 28.0 Å². The number of hydrogen-bond donors (Lipinski definition) is 0. The van der Waals surface area contributed by atoms with E-state index < -0.39 is 45.1 Å². The van der Waals surface area contributed by atoms with Gasteiger partial charge in [0.25, 0.3) is 0 Å². The third-order valence-electron chi connectivity index (χ3n) is 9.54. The van der Waals surface area contributed by atoms with Crippen LogP contribution in [0.15, 0.2) is 81.9 Å². The summed E-state index contributed by atoms with van der Waals surface area (Å²) in [5.74, 6) is -3.03. The van der Waals surface area contributed by atoms with Crippen LogP contribution in [-0.2, 0) is 26.8 Å². The lowest BCUT2D eigenvalue weighted by Crippen LogP contribution is -2.32. The fourth-order valence-electron chi connectivity index (χ4n) is 6.99. The molecule has 6 heteroatoms. The molecule has 0 bridgehead atoms. The first-order chi connectivity index (χ1) is 31.2. The van der Waals surface area contributed by atoms with Gasteiger partial charge in [-0.25, -0.2) is 19.1 Å². The molecular formula is C48H54N4O2+2. The Kier molecular flexibility index (Phi) is 6.28. The van der Waals surface area contributed by atoms with Crippen LogP contribution >= 0.6 is 0 Å². The van der Waals surface area contributed by atoms with E-state index >= 15 is 0 Å². The number of pyridine rings is 4. The first-order valence-electron chi connectivity index (χ1n) is 24.9. The predicted octanol–water partition coefficient (Wildman–Crippen LogP) is 11.2. The number of rotatable bonds is 6. The average molecular weight is 733 g/mol. The minimum Gasteiger partial charge on any atom is -0.437 e. The molecule has 8 aromatic rings. The molecule has 54 heavy (non-hydrogen) atoms. The van der Waals surface area contributed by atoms with E-state index in [0.29, 0.717) is 39.5 Å². The van der Waals surface area contributed by atoms with Gasteiger partial charge in [-0.1, -0.05) is 51.9 Å². The lowest BCUT2D eigenvalue weighted by atomic mass is 9.95. The van der Waals surface area contributed by atoms with Crippen LogP contribution in [0.25, 0.3) is 66.7 Å². The Morgan fingerprint density at radius 3 is 1.50 bits per heavy atom. The van der Waals surface area contributed by atoms with Crippen molar-refractivity contribution < 1.29 is 37.2 Å². The van der Waals surface area contributed by atoms with E-state index in [0.717, 1.165) is 56.5 Å². The predicted molar refractivity (Wildman–Crippen MR) is 222 cm³/mol. The van der Waals surface area contributed by atoms with Crippen molar-refractivity contribution in [3.05, 3.63) is 118 Å². The molecular weight excluding hydrogens is 665 g/mol. The van der Waals surface area contributed by atoms with Gasteiger partial charge in [0.2, 0.25) is 22.8 Å². The van der Waals surface area contributed by atoms with Crippen LogP contribution in [0.1, 0.15) is 91.6 Å². The van der Waals surface area contributed by atoms with Crippen LogP contribution < -0.4 is 9.13 Å². The van der Waals surface area contributed by atoms with Gasteiger partial charge in [-0.3, -0.25) is 0 Å². The molecule has 1 unspecified atom stereocenters. The van der Waals surface area contributed by atoms with Crippen molar-refractivity contribution in [2.45, 2.75) is 81.8 Å². The fourth-order valence-corrected chi connectivity index (χ4v) is 6.99. The van der Waals surface area contributed by atoms with Crippen molar-refractivity contribution >= 4 is 44.1 Å². The minimum atomic E-state index is -3.01. The molecule has 2 aromatic carbocycles. The standard InChI is InChI=1S/2C24H27N2O/c2*1-14(2)11-18-12-21(26(6)13-16(18)4)22-15(3)7-9-19-20-10-8-17(5)25-24(20)27-23(19)22/h2*7-10,12-14H,11H2,1-6H3/q2*+1/i1D3,4D3,11D2,14D;4D3,11D2. The van der Waals surface area contributed by atoms with Crippen molar-refractivity contribution in [2.75, 3.05) is 0 Å². The third kappa shape index (κ3) is 6.90. The highest BCUT2D eigenvalue weighted by Crippen LogP contribution is 2.38. The molecule has 0 saturated heterocycles. The summed E-state index contributed by atoms with van der Waals surface area (Å²) in [5.41, 5.74) is 7.50. The van der Waals surface area contributed by atoms with E-state index in [1.54, 1.807) is 43.1 Å². The van der Waals surface area contributed by atoms with Gasteiger partial charge in [0, 0.05) is 75.4 Å². The molecule has 0 saturated carbocycles. The Balaban J connectivity index is 0.000000203. The normalized spacial score (nSPS) is 18.0. The molecule has 0 aliphatic heterocycles. The zero-order chi connectivity index (χ0) is 50.6. The molecule has 6 aromatic heterocycles. The summed E-state index contributed by atoms with van der Waals surface area (Å²) in [6.07, 6.45) is -1.84. The molecule has 0 aliphatic carbocycles. The number of benzene rings is 2. The lowest BCUT2D eigenvalue weighted by Gasteiger charge is -2.11. The van der Waals surface area contributed by atoms with Gasteiger partial charge in [0.15, 0.2) is 23.6 Å². The van der Waals surface area contributed by atoms with Crippen molar-refractivity contribution in [3.63, 3.8) is 0 Å². The zero-order valence-electron chi connectivity index (χ0n) is 46.1. The van der Waals surface area contributed by atoms with Crippen LogP contribution in [-0.4, -0.2) is 9.97 Å². The number of fused-ring (bicyclic) bond motifs is 6. The topological polar surface area (TPSA) is 59.8 Å². The fraction of sp³-hybridized carbons (Fsp3) is 0.333. The van der Waals surface area contributed by atoms with Gasteiger partial charge in [0.05, 0.1) is 11.1 Å². The van der Waals surface area contributed by atoms with Crippen LogP contribution in [0.5, 0.6) is 0 Å². The summed E-state index contributed by atoms with van der Waals surface area (Å²) in [6, 6.07) is 18.5. The lowest BCUT2D eigenvalue weighted by molar-refractivity contribution is -0.660. The van der Waals surface area contributed by atoms with Crippen molar-refractivity contribution in [3.8, 4) is 22.5 Å². The highest BCUT2D eigenvalue weighted by molar-refractivity contribution is 6.09. The highest BCUT2D eigenvalue weighted by Gasteiger charge is 2.24. The van der Waals surface area contributed by atoms with Gasteiger partial charge < -0.3 is 8.83 Å². The summed E-state index contributed by atoms with van der Waals surface area (Å²) in [7, 11) is 3.42. The first-order valence-corrected chi connectivity index (χ1v) is 17.9. The summed E-state index contributed by atoms with van der Waals surface area (Å²) in [5, 5.41) is 3.42. The highest BCUT2D eigenvalue weighted by atomic mass is 16.3. The van der Waals surface area contributed by atoms with E-state index in [1.165, 1.54) is 18.5 Å². The van der Waals surface area contributed by atoms with E-state index in [9.17, 15) is 0 Å². The molecule has 1 atom stereocenters. The molecule has 8 rings (SSSR count). The van der Waals surface area contributed by atoms with Gasteiger partial charge in [-0.05, 0) is 112 Å². The zero-order valence-corrected chi connectivity index (χ0v) is 32.1. The molecule has 0 N–H and O–H groups in total. The van der Waals surface area contributed by atoms with E-state index in [-0.39, 0.29) is 22.3 Å². The number of nitrogens with zero attached hydrogens (tertiary/aromatic N) is 4. The molecule has 6 heterocycles. The number of aromatic nitrogens is 4. The third-order valence-corrected chi connectivity index (χ3v) is 9.54. The minimum absolute atomic E-state index is 0.0224. The summed E-state index contributed by atoms with van der Waals surface area (Å²) >= 11 is 0. The molecule has 0 radical (unpaired) electrons. The summed E-state index contributed by atoms with van der Waals surface area (Å²) in [6.45, 7) is 3.87. The van der Waals surface area contributed by atoms with Crippen molar-refractivity contribution in [1.29, 1.82) is 0 Å². The molecule has 0 spiro atoms. The van der Waals surface area contributed by atoms with Crippen molar-refractivity contribution in [1.82, 2.24) is 9.97 Å². The maximum absolute atomic E-state index is 8.73. The van der Waals surface area contributed by atoms with Gasteiger partial charge in [-0.15, -0.1) is 0 Å². The Morgan fingerprint density at radius 1 is 0.630 bits per heavy atom. The Bertz CT molecular complexity index is 3290. The molecule has 0 fully saturated rings. The SMILES string of the molecule is [2H]C([2H])([2H])c1c[n+](C)c(-c2c(C)ccc3c2oc2nc(C)ccc23)cc1C([2H])([2H])C(C)C.[2H]C([2H])([2H])c1c[n+](C)c(-c2c(C)ccc3c2oc2nc(C)ccc23)cc1C([2H])([2H])C([2H])(C)C([2H])([2H])[2H]. The second-order valence-corrected chi connectivity index (χ2v) is 14.3. The maximum Gasteiger partial charge on any atom is 0.227 e. The Labute approximate surface area is 339 Å². The van der Waals surface area contributed by atoms with E-state index in [1.807, 2.05) is 76.2 Å². The van der Waals surface area contributed by atoms with Crippen LogP contribution in [0.2, 0.25) is 0 Å². The van der Waals surface area contributed by atoms with Crippen molar-refractivity contribution in [2.24, 2.45) is 25.9 Å².